The lowest BCUT2D eigenvalue weighted by Crippen LogP contribution is -1.95. The van der Waals surface area contributed by atoms with Gasteiger partial charge in [-0.1, -0.05) is 146 Å². The molecule has 0 unspecified atom stereocenters. The maximum atomic E-state index is 6.27. The third-order valence-electron chi connectivity index (χ3n) is 10.6. The standard InChI is InChI=1S/C50H30N2O/c1-2-10-31(11-3-1)32-22-24-33(25-23-32)49-42-16-4-5-19-44(42)51-50(52-49)38-15-7-14-36(29-38)34-12-6-13-35(28-34)37-26-27-39-40-17-8-20-45-47(40)48-41(43(39)30-37)18-9-21-46(48)53-45/h1-30H. The third kappa shape index (κ3) is 4.82. The number of fused-ring (bicyclic) bond motifs is 4. The van der Waals surface area contributed by atoms with Crippen LogP contribution in [0.15, 0.2) is 186 Å². The van der Waals surface area contributed by atoms with Crippen LogP contribution in [0.2, 0.25) is 0 Å². The summed E-state index contributed by atoms with van der Waals surface area (Å²) in [6, 6.07) is 64.4. The monoisotopic (exact) mass is 674 g/mol. The Hall–Kier alpha value is -7.10. The molecule has 9 aromatic carbocycles. The number of benzene rings is 9. The van der Waals surface area contributed by atoms with Gasteiger partial charge in [-0.05, 0) is 91.3 Å². The molecule has 0 amide bonds. The van der Waals surface area contributed by atoms with Crippen molar-refractivity contribution in [2.45, 2.75) is 0 Å². The van der Waals surface area contributed by atoms with Crippen LogP contribution in [0.25, 0.3) is 110 Å². The van der Waals surface area contributed by atoms with E-state index >= 15 is 0 Å². The van der Waals surface area contributed by atoms with Crippen molar-refractivity contribution in [3.8, 4) is 56.0 Å². The molecule has 0 fully saturated rings. The molecule has 0 bridgehead atoms. The molecule has 0 saturated carbocycles. The summed E-state index contributed by atoms with van der Waals surface area (Å²) in [7, 11) is 0. The van der Waals surface area contributed by atoms with Gasteiger partial charge in [-0.2, -0.15) is 0 Å². The first-order valence-electron chi connectivity index (χ1n) is 18.0. The van der Waals surface area contributed by atoms with Crippen LogP contribution in [-0.4, -0.2) is 9.97 Å². The molecule has 3 heteroatoms. The molecule has 0 N–H and O–H groups in total. The smallest absolute Gasteiger partial charge is 0.160 e. The van der Waals surface area contributed by atoms with Gasteiger partial charge in [-0.15, -0.1) is 0 Å². The van der Waals surface area contributed by atoms with Gasteiger partial charge >= 0.3 is 0 Å². The molecule has 11 aromatic rings. The quantitative estimate of drug-likeness (QED) is 0.171. The van der Waals surface area contributed by atoms with Gasteiger partial charge in [-0.3, -0.25) is 0 Å². The van der Waals surface area contributed by atoms with E-state index in [1.165, 1.54) is 54.6 Å². The number of hydrogen-bond acceptors (Lipinski definition) is 3. The van der Waals surface area contributed by atoms with E-state index in [0.717, 1.165) is 50.0 Å². The van der Waals surface area contributed by atoms with Gasteiger partial charge < -0.3 is 4.42 Å². The van der Waals surface area contributed by atoms with E-state index in [1.54, 1.807) is 0 Å². The highest BCUT2D eigenvalue weighted by molar-refractivity contribution is 6.33. The van der Waals surface area contributed by atoms with Crippen LogP contribution in [-0.2, 0) is 0 Å². The molecule has 0 radical (unpaired) electrons. The minimum atomic E-state index is 0.710. The van der Waals surface area contributed by atoms with Gasteiger partial charge in [-0.25, -0.2) is 9.97 Å². The van der Waals surface area contributed by atoms with Crippen molar-refractivity contribution in [3.63, 3.8) is 0 Å². The summed E-state index contributed by atoms with van der Waals surface area (Å²) in [5.41, 5.74) is 12.8. The Labute approximate surface area is 305 Å². The van der Waals surface area contributed by atoms with E-state index in [1.807, 2.05) is 12.1 Å². The van der Waals surface area contributed by atoms with Crippen LogP contribution in [0.4, 0.5) is 0 Å². The normalized spacial score (nSPS) is 11.8. The van der Waals surface area contributed by atoms with Gasteiger partial charge in [0.1, 0.15) is 11.2 Å². The van der Waals surface area contributed by atoms with Crippen LogP contribution >= 0.6 is 0 Å². The van der Waals surface area contributed by atoms with Crippen LogP contribution in [0, 0.1) is 0 Å². The van der Waals surface area contributed by atoms with Crippen molar-refractivity contribution in [1.82, 2.24) is 9.97 Å². The van der Waals surface area contributed by atoms with Crippen molar-refractivity contribution in [2.75, 3.05) is 0 Å². The minimum Gasteiger partial charge on any atom is -0.456 e. The summed E-state index contributed by atoms with van der Waals surface area (Å²) in [6.07, 6.45) is 0. The van der Waals surface area contributed by atoms with Gasteiger partial charge in [0.05, 0.1) is 11.2 Å². The maximum Gasteiger partial charge on any atom is 0.160 e. The lowest BCUT2D eigenvalue weighted by molar-refractivity contribution is 0.669. The predicted molar refractivity (Wildman–Crippen MR) is 220 cm³/mol. The van der Waals surface area contributed by atoms with Gasteiger partial charge in [0.2, 0.25) is 0 Å². The van der Waals surface area contributed by atoms with Crippen LogP contribution < -0.4 is 0 Å². The molecule has 0 atom stereocenters. The van der Waals surface area contributed by atoms with Crippen LogP contribution in [0.5, 0.6) is 0 Å². The lowest BCUT2D eigenvalue weighted by atomic mass is 9.91. The van der Waals surface area contributed by atoms with Crippen LogP contribution in [0.1, 0.15) is 0 Å². The number of rotatable bonds is 5. The summed E-state index contributed by atoms with van der Waals surface area (Å²) in [4.78, 5) is 10.3. The van der Waals surface area contributed by atoms with Gasteiger partial charge in [0.15, 0.2) is 5.82 Å². The molecule has 0 aliphatic heterocycles. The van der Waals surface area contributed by atoms with Gasteiger partial charge in [0.25, 0.3) is 0 Å². The first kappa shape index (κ1) is 29.6. The zero-order valence-corrected chi connectivity index (χ0v) is 28.6. The first-order valence-corrected chi connectivity index (χ1v) is 18.0. The molecule has 2 heterocycles. The zero-order valence-electron chi connectivity index (χ0n) is 28.6. The van der Waals surface area contributed by atoms with E-state index in [4.69, 9.17) is 14.4 Å². The Balaban J connectivity index is 0.987. The summed E-state index contributed by atoms with van der Waals surface area (Å²) < 4.78 is 6.27. The second-order valence-electron chi connectivity index (χ2n) is 13.7. The first-order chi connectivity index (χ1) is 26.2. The second kappa shape index (κ2) is 11.7. The van der Waals surface area contributed by atoms with Crippen LogP contribution in [0.3, 0.4) is 0 Å². The molecule has 11 rings (SSSR count). The Kier molecular flexibility index (Phi) is 6.55. The van der Waals surface area contributed by atoms with Crippen molar-refractivity contribution < 1.29 is 4.42 Å². The molecule has 3 nitrogen and oxygen atoms in total. The Morgan fingerprint density at radius 3 is 1.55 bits per heavy atom. The highest BCUT2D eigenvalue weighted by Gasteiger charge is 2.18. The number of nitrogens with zero attached hydrogens (tertiary/aromatic N) is 2. The fourth-order valence-corrected chi connectivity index (χ4v) is 8.09. The number of aromatic nitrogens is 2. The predicted octanol–water partition coefficient (Wildman–Crippen LogP) is 13.6. The molecule has 53 heavy (non-hydrogen) atoms. The Morgan fingerprint density at radius 2 is 0.811 bits per heavy atom. The molecular weight excluding hydrogens is 645 g/mol. The minimum absolute atomic E-state index is 0.710. The fourth-order valence-electron chi connectivity index (χ4n) is 8.09. The SMILES string of the molecule is c1ccc(-c2ccc(-c3nc(-c4cccc(-c5cccc(-c6ccc7c(c6)c6cccc8oc9cccc7c9c86)c5)c4)nc4ccccc34)cc2)cc1. The summed E-state index contributed by atoms with van der Waals surface area (Å²) >= 11 is 0. The topological polar surface area (TPSA) is 38.9 Å². The highest BCUT2D eigenvalue weighted by atomic mass is 16.3. The van der Waals surface area contributed by atoms with Crippen molar-refractivity contribution in [3.05, 3.63) is 182 Å². The fraction of sp³-hybridized carbons (Fsp3) is 0. The largest absolute Gasteiger partial charge is 0.456 e. The molecule has 2 aromatic heterocycles. The Morgan fingerprint density at radius 1 is 0.302 bits per heavy atom. The van der Waals surface area contributed by atoms with Crippen molar-refractivity contribution >= 4 is 54.4 Å². The zero-order chi connectivity index (χ0) is 34.9. The third-order valence-corrected chi connectivity index (χ3v) is 10.6. The summed E-state index contributed by atoms with van der Waals surface area (Å²) in [6.45, 7) is 0. The van der Waals surface area contributed by atoms with Crippen molar-refractivity contribution in [2.24, 2.45) is 0 Å². The average Bonchev–Trinajstić information content (AvgIpc) is 3.63. The molecule has 0 spiro atoms. The maximum absolute atomic E-state index is 6.27. The molecule has 0 aliphatic carbocycles. The van der Waals surface area contributed by atoms with E-state index in [9.17, 15) is 0 Å². The average molecular weight is 675 g/mol. The van der Waals surface area contributed by atoms with E-state index in [0.29, 0.717) is 5.82 Å². The summed E-state index contributed by atoms with van der Waals surface area (Å²) in [5.74, 6) is 0.710. The number of para-hydroxylation sites is 1. The molecule has 246 valence electrons. The molecular formula is C50H30N2O. The van der Waals surface area contributed by atoms with E-state index in [-0.39, 0.29) is 0 Å². The van der Waals surface area contributed by atoms with Crippen molar-refractivity contribution in [1.29, 1.82) is 0 Å². The highest BCUT2D eigenvalue weighted by Crippen LogP contribution is 2.43. The van der Waals surface area contributed by atoms with E-state index in [2.05, 4.69) is 170 Å². The Bertz CT molecular complexity index is 3160. The number of furan rings is 1. The summed E-state index contributed by atoms with van der Waals surface area (Å²) in [5, 5.41) is 8.39. The van der Waals surface area contributed by atoms with E-state index < -0.39 is 0 Å². The molecule has 0 aliphatic rings. The van der Waals surface area contributed by atoms with Gasteiger partial charge in [0, 0.05) is 27.3 Å². The lowest BCUT2D eigenvalue weighted by Gasteiger charge is -2.12. The molecule has 0 saturated heterocycles. The number of hydrogen-bond donors (Lipinski definition) is 0. The second-order valence-corrected chi connectivity index (χ2v) is 13.7.